The Bertz CT molecular complexity index is 541. The first-order valence-corrected chi connectivity index (χ1v) is 7.80. The molecule has 0 aliphatic carbocycles. The van der Waals surface area contributed by atoms with Crippen LogP contribution in [0.25, 0.3) is 0 Å². The van der Waals surface area contributed by atoms with Gasteiger partial charge >= 0.3 is 6.09 Å². The summed E-state index contributed by atoms with van der Waals surface area (Å²) >= 11 is 0. The summed E-state index contributed by atoms with van der Waals surface area (Å²) in [5, 5.41) is 7.73. The highest BCUT2D eigenvalue weighted by Gasteiger charge is 2.18. The van der Waals surface area contributed by atoms with Gasteiger partial charge in [-0.15, -0.1) is 0 Å². The average molecular weight is 335 g/mol. The van der Waals surface area contributed by atoms with E-state index in [9.17, 15) is 14.4 Å². The van der Waals surface area contributed by atoms with Crippen LogP contribution in [0, 0.1) is 0 Å². The summed E-state index contributed by atoms with van der Waals surface area (Å²) in [6.45, 7) is 5.79. The molecular formula is C17H25N3O4. The maximum Gasteiger partial charge on any atom is 0.407 e. The predicted molar refractivity (Wildman–Crippen MR) is 90.4 cm³/mol. The number of carbonyl (C=O) groups excluding carboxylic acids is 3. The van der Waals surface area contributed by atoms with Gasteiger partial charge < -0.3 is 20.7 Å². The summed E-state index contributed by atoms with van der Waals surface area (Å²) < 4.78 is 5.09. The quantitative estimate of drug-likeness (QED) is 0.487. The SMILES string of the molecule is CC(C)(C)OC(=O)NCCNC(=O)[C@@H](Cc1ccccc1)NC=O. The molecule has 0 saturated heterocycles. The van der Waals surface area contributed by atoms with Crippen LogP contribution in [0.5, 0.6) is 0 Å². The summed E-state index contributed by atoms with van der Waals surface area (Å²) in [5.74, 6) is -0.308. The van der Waals surface area contributed by atoms with Crippen molar-refractivity contribution in [1.82, 2.24) is 16.0 Å². The Morgan fingerprint density at radius 2 is 1.75 bits per heavy atom. The van der Waals surface area contributed by atoms with Crippen LogP contribution in [0.4, 0.5) is 4.79 Å². The minimum atomic E-state index is -0.661. The maximum absolute atomic E-state index is 12.1. The molecule has 1 atom stereocenters. The molecule has 1 aromatic carbocycles. The van der Waals surface area contributed by atoms with Crippen molar-refractivity contribution in [3.8, 4) is 0 Å². The molecule has 0 aromatic heterocycles. The molecule has 0 spiro atoms. The highest BCUT2D eigenvalue weighted by Crippen LogP contribution is 2.06. The van der Waals surface area contributed by atoms with E-state index in [1.54, 1.807) is 20.8 Å². The molecule has 7 nitrogen and oxygen atoms in total. The van der Waals surface area contributed by atoms with E-state index in [1.807, 2.05) is 30.3 Å². The van der Waals surface area contributed by atoms with Gasteiger partial charge in [0.05, 0.1) is 0 Å². The van der Waals surface area contributed by atoms with Gasteiger partial charge in [0.2, 0.25) is 12.3 Å². The van der Waals surface area contributed by atoms with E-state index in [-0.39, 0.29) is 19.0 Å². The molecule has 0 unspecified atom stereocenters. The number of hydrogen-bond acceptors (Lipinski definition) is 4. The Morgan fingerprint density at radius 3 is 2.33 bits per heavy atom. The minimum absolute atomic E-state index is 0.236. The Kier molecular flexibility index (Phi) is 7.74. The van der Waals surface area contributed by atoms with E-state index >= 15 is 0 Å². The fraction of sp³-hybridized carbons (Fsp3) is 0.471. The van der Waals surface area contributed by atoms with Gasteiger partial charge in [-0.2, -0.15) is 0 Å². The second kappa shape index (κ2) is 9.54. The van der Waals surface area contributed by atoms with E-state index in [2.05, 4.69) is 16.0 Å². The van der Waals surface area contributed by atoms with Crippen LogP contribution >= 0.6 is 0 Å². The molecule has 3 N–H and O–H groups in total. The van der Waals surface area contributed by atoms with Crippen molar-refractivity contribution in [2.24, 2.45) is 0 Å². The highest BCUT2D eigenvalue weighted by molar-refractivity contribution is 5.84. The van der Waals surface area contributed by atoms with Crippen LogP contribution in [0.1, 0.15) is 26.3 Å². The van der Waals surface area contributed by atoms with E-state index in [1.165, 1.54) is 0 Å². The first-order valence-electron chi connectivity index (χ1n) is 7.80. The number of carbonyl (C=O) groups is 3. The number of rotatable bonds is 8. The molecule has 1 aromatic rings. The monoisotopic (exact) mass is 335 g/mol. The van der Waals surface area contributed by atoms with E-state index < -0.39 is 17.7 Å². The van der Waals surface area contributed by atoms with Crippen LogP contribution in [0.3, 0.4) is 0 Å². The summed E-state index contributed by atoms with van der Waals surface area (Å²) in [7, 11) is 0. The third kappa shape index (κ3) is 8.17. The van der Waals surface area contributed by atoms with Crippen molar-refractivity contribution in [2.45, 2.75) is 38.8 Å². The number of nitrogens with one attached hydrogen (secondary N) is 3. The summed E-state index contributed by atoms with van der Waals surface area (Å²) in [5.41, 5.74) is 0.376. The molecule has 1 rings (SSSR count). The Hall–Kier alpha value is -2.57. The first-order chi connectivity index (χ1) is 11.3. The third-order valence-electron chi connectivity index (χ3n) is 2.96. The molecule has 0 radical (unpaired) electrons. The van der Waals surface area contributed by atoms with E-state index in [0.29, 0.717) is 12.8 Å². The van der Waals surface area contributed by atoms with E-state index in [0.717, 1.165) is 5.56 Å². The molecule has 3 amide bonds. The lowest BCUT2D eigenvalue weighted by Crippen LogP contribution is -2.47. The van der Waals surface area contributed by atoms with Crippen molar-refractivity contribution >= 4 is 18.4 Å². The van der Waals surface area contributed by atoms with Crippen LogP contribution in [0.15, 0.2) is 30.3 Å². The molecule has 0 heterocycles. The fourth-order valence-electron chi connectivity index (χ4n) is 1.95. The number of amides is 3. The Labute approximate surface area is 142 Å². The normalized spacial score (nSPS) is 12.0. The van der Waals surface area contributed by atoms with E-state index in [4.69, 9.17) is 4.74 Å². The van der Waals surface area contributed by atoms with Gasteiger partial charge in [-0.25, -0.2) is 4.79 Å². The van der Waals surface area contributed by atoms with Gasteiger partial charge in [0.15, 0.2) is 0 Å². The molecule has 24 heavy (non-hydrogen) atoms. The Morgan fingerprint density at radius 1 is 1.12 bits per heavy atom. The topological polar surface area (TPSA) is 96.5 Å². The van der Waals surface area contributed by atoms with Gasteiger partial charge in [-0.3, -0.25) is 9.59 Å². The lowest BCUT2D eigenvalue weighted by atomic mass is 10.1. The molecule has 0 aliphatic rings. The third-order valence-corrected chi connectivity index (χ3v) is 2.96. The predicted octanol–water partition coefficient (Wildman–Crippen LogP) is 0.985. The van der Waals surface area contributed by atoms with Crippen LogP contribution in [0.2, 0.25) is 0 Å². The Balaban J connectivity index is 2.37. The molecule has 0 fully saturated rings. The second-order valence-electron chi connectivity index (χ2n) is 6.25. The van der Waals surface area contributed by atoms with Crippen molar-refractivity contribution < 1.29 is 19.1 Å². The summed E-state index contributed by atoms with van der Waals surface area (Å²) in [6.07, 6.45) is 0.362. The largest absolute Gasteiger partial charge is 0.444 e. The van der Waals surface area contributed by atoms with Gasteiger partial charge in [-0.1, -0.05) is 30.3 Å². The summed E-state index contributed by atoms with van der Waals surface area (Å²) in [6, 6.07) is 8.74. The van der Waals surface area contributed by atoms with Gasteiger partial charge in [0.1, 0.15) is 11.6 Å². The van der Waals surface area contributed by atoms with Gasteiger partial charge in [0.25, 0.3) is 0 Å². The molecule has 0 saturated carbocycles. The standard InChI is InChI=1S/C17H25N3O4/c1-17(2,3)24-16(23)19-10-9-18-15(22)14(20-12-21)11-13-7-5-4-6-8-13/h4-8,12,14H,9-11H2,1-3H3,(H,18,22)(H,19,23)(H,20,21)/t14-/m1/s1. The number of benzene rings is 1. The van der Waals surface area contributed by atoms with Crippen molar-refractivity contribution in [2.75, 3.05) is 13.1 Å². The zero-order valence-electron chi connectivity index (χ0n) is 14.3. The van der Waals surface area contributed by atoms with Crippen LogP contribution < -0.4 is 16.0 Å². The fourth-order valence-corrected chi connectivity index (χ4v) is 1.95. The number of hydrogen-bond donors (Lipinski definition) is 3. The molecule has 0 bridgehead atoms. The van der Waals surface area contributed by atoms with Crippen LogP contribution in [-0.4, -0.2) is 43.1 Å². The minimum Gasteiger partial charge on any atom is -0.444 e. The molecule has 0 aliphatic heterocycles. The number of ether oxygens (including phenoxy) is 1. The number of alkyl carbamates (subject to hydrolysis) is 1. The maximum atomic E-state index is 12.1. The summed E-state index contributed by atoms with van der Waals surface area (Å²) in [4.78, 5) is 34.3. The van der Waals surface area contributed by atoms with Crippen molar-refractivity contribution in [1.29, 1.82) is 0 Å². The van der Waals surface area contributed by atoms with Crippen LogP contribution in [-0.2, 0) is 20.7 Å². The lowest BCUT2D eigenvalue weighted by molar-refractivity contribution is -0.125. The van der Waals surface area contributed by atoms with Crippen molar-refractivity contribution in [3.63, 3.8) is 0 Å². The second-order valence-corrected chi connectivity index (χ2v) is 6.25. The average Bonchev–Trinajstić information content (AvgIpc) is 2.50. The highest BCUT2D eigenvalue weighted by atomic mass is 16.6. The lowest BCUT2D eigenvalue weighted by Gasteiger charge is -2.20. The molecule has 132 valence electrons. The molecular weight excluding hydrogens is 310 g/mol. The zero-order valence-corrected chi connectivity index (χ0v) is 14.3. The van der Waals surface area contributed by atoms with Crippen molar-refractivity contribution in [3.05, 3.63) is 35.9 Å². The van der Waals surface area contributed by atoms with Gasteiger partial charge in [0, 0.05) is 19.5 Å². The first kappa shape index (κ1) is 19.5. The zero-order chi connectivity index (χ0) is 18.0. The molecule has 7 heteroatoms. The van der Waals surface area contributed by atoms with Gasteiger partial charge in [-0.05, 0) is 26.3 Å². The smallest absolute Gasteiger partial charge is 0.407 e.